The summed E-state index contributed by atoms with van der Waals surface area (Å²) < 4.78 is 5.86. The fraction of sp³-hybridized carbons (Fsp3) is 0.429. The first-order valence-corrected chi connectivity index (χ1v) is 9.15. The predicted octanol–water partition coefficient (Wildman–Crippen LogP) is 5.06. The summed E-state index contributed by atoms with van der Waals surface area (Å²) in [7, 11) is 0. The predicted molar refractivity (Wildman–Crippen MR) is 101 cm³/mol. The van der Waals surface area contributed by atoms with Gasteiger partial charge in [-0.2, -0.15) is 0 Å². The molecule has 1 heterocycles. The third-order valence-corrected chi connectivity index (χ3v) is 4.72. The minimum atomic E-state index is 0.568. The average molecular weight is 324 g/mol. The van der Waals surface area contributed by atoms with Crippen LogP contribution in [0.5, 0.6) is 11.5 Å². The molecular weight excluding hydrogens is 296 g/mol. The molecule has 2 unspecified atom stereocenters. The summed E-state index contributed by atoms with van der Waals surface area (Å²) >= 11 is 0. The molecule has 0 saturated carbocycles. The number of benzene rings is 2. The highest BCUT2D eigenvalue weighted by atomic mass is 16.5. The molecule has 1 fully saturated rings. The number of anilines is 1. The number of rotatable bonds is 7. The molecular formula is C21H28N2O. The van der Waals surface area contributed by atoms with Crippen LogP contribution in [0.4, 0.5) is 5.69 Å². The fourth-order valence-corrected chi connectivity index (χ4v) is 3.34. The van der Waals surface area contributed by atoms with Crippen LogP contribution in [-0.2, 0) is 0 Å². The van der Waals surface area contributed by atoms with Crippen molar-refractivity contribution in [2.45, 2.75) is 38.6 Å². The summed E-state index contributed by atoms with van der Waals surface area (Å²) in [6, 6.07) is 18.8. The van der Waals surface area contributed by atoms with E-state index in [1.54, 1.807) is 0 Å². The van der Waals surface area contributed by atoms with Gasteiger partial charge in [-0.3, -0.25) is 0 Å². The van der Waals surface area contributed by atoms with Gasteiger partial charge in [0.25, 0.3) is 0 Å². The van der Waals surface area contributed by atoms with Crippen LogP contribution in [0.2, 0.25) is 0 Å². The molecule has 2 N–H and O–H groups in total. The smallest absolute Gasteiger partial charge is 0.127 e. The number of hydrogen-bond acceptors (Lipinski definition) is 3. The Labute approximate surface area is 145 Å². The van der Waals surface area contributed by atoms with E-state index in [9.17, 15) is 0 Å². The maximum atomic E-state index is 5.86. The summed E-state index contributed by atoms with van der Waals surface area (Å²) in [6.45, 7) is 4.51. The summed E-state index contributed by atoms with van der Waals surface area (Å²) in [6.07, 6.45) is 5.08. The third-order valence-electron chi connectivity index (χ3n) is 4.72. The maximum Gasteiger partial charge on any atom is 0.127 e. The number of nitrogens with one attached hydrogen (secondary N) is 2. The molecule has 2 aromatic carbocycles. The van der Waals surface area contributed by atoms with E-state index in [2.05, 4.69) is 29.7 Å². The van der Waals surface area contributed by atoms with Gasteiger partial charge in [0.05, 0.1) is 0 Å². The Morgan fingerprint density at radius 1 is 1.04 bits per heavy atom. The molecule has 0 radical (unpaired) electrons. The lowest BCUT2D eigenvalue weighted by atomic mass is 9.88. The standard InChI is InChI=1S/C21H28N2O/c1-2-3-7-17-16-22-15-14-21(17)23-18-10-12-20(13-11-18)24-19-8-5-4-6-9-19/h4-6,8-13,17,21-23H,2-3,7,14-16H2,1H3. The van der Waals surface area contributed by atoms with Crippen molar-refractivity contribution >= 4 is 5.69 Å². The van der Waals surface area contributed by atoms with Crippen LogP contribution in [0.1, 0.15) is 32.6 Å². The van der Waals surface area contributed by atoms with Crippen LogP contribution in [0.25, 0.3) is 0 Å². The monoisotopic (exact) mass is 324 g/mol. The highest BCUT2D eigenvalue weighted by Crippen LogP contribution is 2.25. The first-order chi connectivity index (χ1) is 11.8. The molecule has 0 aliphatic carbocycles. The SMILES string of the molecule is CCCCC1CNCCC1Nc1ccc(Oc2ccccc2)cc1. The molecule has 1 saturated heterocycles. The molecule has 24 heavy (non-hydrogen) atoms. The van der Waals surface area contributed by atoms with Crippen molar-refractivity contribution in [1.82, 2.24) is 5.32 Å². The Hall–Kier alpha value is -2.00. The molecule has 3 heteroatoms. The van der Waals surface area contributed by atoms with E-state index in [-0.39, 0.29) is 0 Å². The van der Waals surface area contributed by atoms with Crippen molar-refractivity contribution in [2.24, 2.45) is 5.92 Å². The fourth-order valence-electron chi connectivity index (χ4n) is 3.34. The molecule has 1 aliphatic heterocycles. The minimum absolute atomic E-state index is 0.568. The third kappa shape index (κ3) is 4.75. The van der Waals surface area contributed by atoms with E-state index in [1.165, 1.54) is 31.4 Å². The van der Waals surface area contributed by atoms with Crippen molar-refractivity contribution < 1.29 is 4.74 Å². The van der Waals surface area contributed by atoms with Crippen molar-refractivity contribution in [3.05, 3.63) is 54.6 Å². The quantitative estimate of drug-likeness (QED) is 0.747. The molecule has 0 spiro atoms. The second-order valence-corrected chi connectivity index (χ2v) is 6.59. The van der Waals surface area contributed by atoms with Crippen molar-refractivity contribution in [3.63, 3.8) is 0 Å². The van der Waals surface area contributed by atoms with Gasteiger partial charge in [0.1, 0.15) is 11.5 Å². The highest BCUT2D eigenvalue weighted by molar-refractivity contribution is 5.48. The van der Waals surface area contributed by atoms with E-state index < -0.39 is 0 Å². The zero-order valence-electron chi connectivity index (χ0n) is 14.5. The molecule has 0 bridgehead atoms. The van der Waals surface area contributed by atoms with Gasteiger partial charge in [0.2, 0.25) is 0 Å². The van der Waals surface area contributed by atoms with Gasteiger partial charge in [0, 0.05) is 11.7 Å². The molecule has 2 aromatic rings. The van der Waals surface area contributed by atoms with Gasteiger partial charge < -0.3 is 15.4 Å². The summed E-state index contributed by atoms with van der Waals surface area (Å²) in [4.78, 5) is 0. The lowest BCUT2D eigenvalue weighted by Gasteiger charge is -2.33. The number of para-hydroxylation sites is 1. The number of ether oxygens (including phenoxy) is 1. The lowest BCUT2D eigenvalue weighted by Crippen LogP contribution is -2.43. The van der Waals surface area contributed by atoms with E-state index in [1.807, 2.05) is 42.5 Å². The van der Waals surface area contributed by atoms with Crippen LogP contribution in [0, 0.1) is 5.92 Å². The van der Waals surface area contributed by atoms with Gasteiger partial charge in [-0.05, 0) is 68.2 Å². The summed E-state index contributed by atoms with van der Waals surface area (Å²) in [5, 5.41) is 7.27. The second-order valence-electron chi connectivity index (χ2n) is 6.59. The largest absolute Gasteiger partial charge is 0.457 e. The van der Waals surface area contributed by atoms with E-state index in [4.69, 9.17) is 4.74 Å². The van der Waals surface area contributed by atoms with Gasteiger partial charge in [-0.1, -0.05) is 38.0 Å². The number of hydrogen-bond donors (Lipinski definition) is 2. The molecule has 1 aliphatic rings. The summed E-state index contributed by atoms with van der Waals surface area (Å²) in [5.41, 5.74) is 1.18. The molecule has 0 aromatic heterocycles. The Balaban J connectivity index is 1.58. The van der Waals surface area contributed by atoms with Crippen LogP contribution in [0.15, 0.2) is 54.6 Å². The van der Waals surface area contributed by atoms with Crippen LogP contribution in [0.3, 0.4) is 0 Å². The van der Waals surface area contributed by atoms with E-state index in [0.29, 0.717) is 6.04 Å². The topological polar surface area (TPSA) is 33.3 Å². The number of piperidine rings is 1. The van der Waals surface area contributed by atoms with E-state index in [0.717, 1.165) is 30.5 Å². The zero-order chi connectivity index (χ0) is 16.6. The van der Waals surface area contributed by atoms with Gasteiger partial charge >= 0.3 is 0 Å². The zero-order valence-corrected chi connectivity index (χ0v) is 14.5. The molecule has 0 amide bonds. The molecule has 3 nitrogen and oxygen atoms in total. The van der Waals surface area contributed by atoms with Crippen molar-refractivity contribution in [2.75, 3.05) is 18.4 Å². The minimum Gasteiger partial charge on any atom is -0.457 e. The average Bonchev–Trinajstić information content (AvgIpc) is 2.63. The second kappa shape index (κ2) is 8.74. The Morgan fingerprint density at radius 3 is 2.54 bits per heavy atom. The number of unbranched alkanes of at least 4 members (excludes halogenated alkanes) is 1. The van der Waals surface area contributed by atoms with Crippen molar-refractivity contribution in [1.29, 1.82) is 0 Å². The summed E-state index contributed by atoms with van der Waals surface area (Å²) in [5.74, 6) is 2.47. The molecule has 2 atom stereocenters. The van der Waals surface area contributed by atoms with E-state index >= 15 is 0 Å². The normalized spacial score (nSPS) is 20.5. The Bertz CT molecular complexity index is 597. The maximum absolute atomic E-state index is 5.86. The Kier molecular flexibility index (Phi) is 6.13. The Morgan fingerprint density at radius 2 is 1.79 bits per heavy atom. The van der Waals surface area contributed by atoms with Crippen molar-refractivity contribution in [3.8, 4) is 11.5 Å². The van der Waals surface area contributed by atoms with Gasteiger partial charge in [-0.25, -0.2) is 0 Å². The first-order valence-electron chi connectivity index (χ1n) is 9.15. The van der Waals surface area contributed by atoms with Crippen LogP contribution in [-0.4, -0.2) is 19.1 Å². The highest BCUT2D eigenvalue weighted by Gasteiger charge is 2.24. The first kappa shape index (κ1) is 16.8. The van der Waals surface area contributed by atoms with Crippen LogP contribution < -0.4 is 15.4 Å². The lowest BCUT2D eigenvalue weighted by molar-refractivity contribution is 0.319. The van der Waals surface area contributed by atoms with Gasteiger partial charge in [-0.15, -0.1) is 0 Å². The van der Waals surface area contributed by atoms with Gasteiger partial charge in [0.15, 0.2) is 0 Å². The molecule has 3 rings (SSSR count). The molecule has 128 valence electrons. The van der Waals surface area contributed by atoms with Crippen LogP contribution >= 0.6 is 0 Å².